The number of nitrogens with zero attached hydrogens (tertiary/aromatic N) is 1. The van der Waals surface area contributed by atoms with E-state index in [1.165, 1.54) is 19.3 Å². The Morgan fingerprint density at radius 1 is 1.00 bits per heavy atom. The van der Waals surface area contributed by atoms with Gasteiger partial charge in [-0.25, -0.2) is 0 Å². The third-order valence-corrected chi connectivity index (χ3v) is 5.34. The summed E-state index contributed by atoms with van der Waals surface area (Å²) in [6, 6.07) is 15.5. The van der Waals surface area contributed by atoms with Gasteiger partial charge in [0.15, 0.2) is 5.11 Å². The topological polar surface area (TPSA) is 44.4 Å². The van der Waals surface area contributed by atoms with Crippen LogP contribution in [0.15, 0.2) is 48.5 Å². The average molecular weight is 465 g/mol. The van der Waals surface area contributed by atoms with E-state index < -0.39 is 0 Å². The molecule has 1 saturated heterocycles. The molecular weight excluding hydrogens is 445 g/mol. The Morgan fingerprint density at radius 2 is 1.68 bits per heavy atom. The molecule has 0 bridgehead atoms. The first-order chi connectivity index (χ1) is 12.1. The molecule has 130 valence electrons. The largest absolute Gasteiger partial charge is 0.370 e. The summed E-state index contributed by atoms with van der Waals surface area (Å²) < 4.78 is 0.897. The highest BCUT2D eigenvalue weighted by Crippen LogP contribution is 2.28. The van der Waals surface area contributed by atoms with Gasteiger partial charge in [-0.05, 0) is 78.3 Å². The van der Waals surface area contributed by atoms with Crippen molar-refractivity contribution in [1.82, 2.24) is 5.32 Å². The lowest BCUT2D eigenvalue weighted by molar-refractivity contribution is 0.0977. The molecule has 0 aromatic heterocycles. The van der Waals surface area contributed by atoms with Gasteiger partial charge in [-0.3, -0.25) is 10.1 Å². The molecule has 1 aliphatic heterocycles. The molecule has 0 saturated carbocycles. The van der Waals surface area contributed by atoms with Crippen LogP contribution >= 0.6 is 34.8 Å². The second-order valence-corrected chi connectivity index (χ2v) is 7.52. The number of anilines is 2. The third kappa shape index (κ3) is 4.70. The molecule has 0 atom stereocenters. The minimum absolute atomic E-state index is 0.196. The van der Waals surface area contributed by atoms with E-state index in [1.807, 2.05) is 36.4 Å². The second-order valence-electron chi connectivity index (χ2n) is 5.95. The lowest BCUT2D eigenvalue weighted by Crippen LogP contribution is -2.35. The molecule has 0 radical (unpaired) electrons. The van der Waals surface area contributed by atoms with Crippen molar-refractivity contribution in [3.05, 3.63) is 57.7 Å². The maximum absolute atomic E-state index is 12.4. The van der Waals surface area contributed by atoms with Crippen LogP contribution in [0.3, 0.4) is 0 Å². The molecule has 0 aliphatic carbocycles. The van der Waals surface area contributed by atoms with Crippen molar-refractivity contribution in [1.29, 1.82) is 0 Å². The van der Waals surface area contributed by atoms with Gasteiger partial charge in [0.1, 0.15) is 0 Å². The molecule has 3 rings (SSSR count). The number of carbonyl (C=O) groups is 1. The van der Waals surface area contributed by atoms with Crippen molar-refractivity contribution in [2.24, 2.45) is 0 Å². The molecule has 2 N–H and O–H groups in total. The van der Waals surface area contributed by atoms with Gasteiger partial charge in [0.25, 0.3) is 5.91 Å². The molecule has 6 heteroatoms. The maximum atomic E-state index is 12.4. The smallest absolute Gasteiger partial charge is 0.258 e. The second kappa shape index (κ2) is 8.62. The van der Waals surface area contributed by atoms with Gasteiger partial charge in [0.2, 0.25) is 0 Å². The van der Waals surface area contributed by atoms with Crippen LogP contribution in [0.25, 0.3) is 0 Å². The third-order valence-electron chi connectivity index (χ3n) is 4.19. The monoisotopic (exact) mass is 465 g/mol. The summed E-state index contributed by atoms with van der Waals surface area (Å²) in [6.45, 7) is 2.11. The van der Waals surface area contributed by atoms with Gasteiger partial charge < -0.3 is 10.2 Å². The summed E-state index contributed by atoms with van der Waals surface area (Å²) in [5.74, 6) is -0.196. The van der Waals surface area contributed by atoms with Gasteiger partial charge in [-0.2, -0.15) is 0 Å². The van der Waals surface area contributed by atoms with E-state index in [9.17, 15) is 4.79 Å². The predicted octanol–water partition coefficient (Wildman–Crippen LogP) is 4.41. The molecule has 2 aromatic carbocycles. The van der Waals surface area contributed by atoms with E-state index in [2.05, 4.69) is 44.2 Å². The number of nitrogens with one attached hydrogen (secondary N) is 2. The van der Waals surface area contributed by atoms with Crippen molar-refractivity contribution in [2.45, 2.75) is 19.3 Å². The Bertz CT molecular complexity index is 775. The highest BCUT2D eigenvalue weighted by Gasteiger charge is 2.16. The Morgan fingerprint density at radius 3 is 2.44 bits per heavy atom. The maximum Gasteiger partial charge on any atom is 0.258 e. The number of piperidine rings is 1. The molecular formula is C19H20IN3OS. The van der Waals surface area contributed by atoms with Gasteiger partial charge in [0.05, 0.1) is 16.9 Å². The standard InChI is InChI=1S/C19H20IN3OS/c20-15-9-3-2-8-14(15)18(24)22-19(25)21-16-10-4-5-11-17(16)23-12-6-1-7-13-23/h2-5,8-11H,1,6-7,12-13H2,(H2,21,22,24,25). The van der Waals surface area contributed by atoms with Crippen LogP contribution in [0.5, 0.6) is 0 Å². The Balaban J connectivity index is 1.69. The molecule has 25 heavy (non-hydrogen) atoms. The van der Waals surface area contributed by atoms with Crippen LogP contribution in [0.4, 0.5) is 11.4 Å². The van der Waals surface area contributed by atoms with Crippen molar-refractivity contribution in [3.8, 4) is 0 Å². The summed E-state index contributed by atoms with van der Waals surface area (Å²) in [4.78, 5) is 14.8. The average Bonchev–Trinajstić information content (AvgIpc) is 2.63. The van der Waals surface area contributed by atoms with E-state index in [1.54, 1.807) is 6.07 Å². The number of amides is 1. The fourth-order valence-electron chi connectivity index (χ4n) is 2.96. The lowest BCUT2D eigenvalue weighted by atomic mass is 10.1. The number of hydrogen-bond donors (Lipinski definition) is 2. The van der Waals surface area contributed by atoms with Crippen LogP contribution in [-0.2, 0) is 0 Å². The molecule has 2 aromatic rings. The first-order valence-corrected chi connectivity index (χ1v) is 9.84. The Hall–Kier alpha value is -1.67. The molecule has 1 amide bonds. The van der Waals surface area contributed by atoms with Crippen LogP contribution in [0.1, 0.15) is 29.6 Å². The number of carbonyl (C=O) groups excluding carboxylic acids is 1. The van der Waals surface area contributed by atoms with Crippen molar-refractivity contribution < 1.29 is 4.79 Å². The zero-order valence-corrected chi connectivity index (χ0v) is 16.8. The molecule has 1 fully saturated rings. The number of benzene rings is 2. The fraction of sp³-hybridized carbons (Fsp3) is 0.263. The number of hydrogen-bond acceptors (Lipinski definition) is 3. The van der Waals surface area contributed by atoms with Crippen molar-refractivity contribution >= 4 is 57.2 Å². The zero-order chi connectivity index (χ0) is 17.6. The van der Waals surface area contributed by atoms with Crippen molar-refractivity contribution in [2.75, 3.05) is 23.3 Å². The molecule has 0 unspecified atom stereocenters. The SMILES string of the molecule is O=C(NC(=S)Nc1ccccc1N1CCCCC1)c1ccccc1I. The first-order valence-electron chi connectivity index (χ1n) is 8.36. The number of halogens is 1. The summed E-state index contributed by atoms with van der Waals surface area (Å²) in [6.07, 6.45) is 3.71. The summed E-state index contributed by atoms with van der Waals surface area (Å²) in [7, 11) is 0. The van der Waals surface area contributed by atoms with Crippen LogP contribution in [-0.4, -0.2) is 24.1 Å². The first kappa shape index (κ1) is 18.1. The van der Waals surface area contributed by atoms with Gasteiger partial charge >= 0.3 is 0 Å². The summed E-state index contributed by atoms with van der Waals surface area (Å²) >= 11 is 7.50. The van der Waals surface area contributed by atoms with Crippen LogP contribution in [0, 0.1) is 3.57 Å². The summed E-state index contributed by atoms with van der Waals surface area (Å²) in [5.41, 5.74) is 2.68. The number of rotatable bonds is 3. The Kier molecular flexibility index (Phi) is 6.25. The molecule has 0 spiro atoms. The van der Waals surface area contributed by atoms with E-state index >= 15 is 0 Å². The zero-order valence-electron chi connectivity index (χ0n) is 13.8. The normalized spacial score (nSPS) is 14.0. The van der Waals surface area contributed by atoms with E-state index in [-0.39, 0.29) is 5.91 Å². The molecule has 4 nitrogen and oxygen atoms in total. The van der Waals surface area contributed by atoms with E-state index in [4.69, 9.17) is 12.2 Å². The fourth-order valence-corrected chi connectivity index (χ4v) is 3.79. The van der Waals surface area contributed by atoms with Crippen LogP contribution in [0.2, 0.25) is 0 Å². The van der Waals surface area contributed by atoms with E-state index in [0.29, 0.717) is 10.7 Å². The van der Waals surface area contributed by atoms with Gasteiger partial charge in [-0.1, -0.05) is 24.3 Å². The minimum atomic E-state index is -0.196. The Labute approximate surface area is 167 Å². The molecule has 1 aliphatic rings. The van der Waals surface area contributed by atoms with Gasteiger partial charge in [-0.15, -0.1) is 0 Å². The van der Waals surface area contributed by atoms with Gasteiger partial charge in [0, 0.05) is 16.7 Å². The molecule has 1 heterocycles. The highest BCUT2D eigenvalue weighted by molar-refractivity contribution is 14.1. The quantitative estimate of drug-likeness (QED) is 0.521. The number of thiocarbonyl (C=S) groups is 1. The predicted molar refractivity (Wildman–Crippen MR) is 115 cm³/mol. The lowest BCUT2D eigenvalue weighted by Gasteiger charge is -2.30. The highest BCUT2D eigenvalue weighted by atomic mass is 127. The van der Waals surface area contributed by atoms with E-state index in [0.717, 1.165) is 28.0 Å². The minimum Gasteiger partial charge on any atom is -0.370 e. The van der Waals surface area contributed by atoms with Crippen molar-refractivity contribution in [3.63, 3.8) is 0 Å². The number of para-hydroxylation sites is 2. The summed E-state index contributed by atoms with van der Waals surface area (Å²) in [5, 5.41) is 6.27. The van der Waals surface area contributed by atoms with Crippen LogP contribution < -0.4 is 15.5 Å².